The molecule has 1 heterocycles. The van der Waals surface area contributed by atoms with E-state index in [-0.39, 0.29) is 0 Å². The van der Waals surface area contributed by atoms with E-state index in [4.69, 9.17) is 4.74 Å². The van der Waals surface area contributed by atoms with E-state index in [1.807, 2.05) is 17.1 Å². The molecule has 1 fully saturated rings. The maximum absolute atomic E-state index is 6.03. The van der Waals surface area contributed by atoms with Crippen LogP contribution in [0.5, 0.6) is 5.75 Å². The predicted molar refractivity (Wildman–Crippen MR) is 69.2 cm³/mol. The molecule has 2 rings (SSSR count). The van der Waals surface area contributed by atoms with Crippen molar-refractivity contribution in [1.29, 1.82) is 0 Å². The zero-order chi connectivity index (χ0) is 12.1. The minimum Gasteiger partial charge on any atom is -0.487 e. The summed E-state index contributed by atoms with van der Waals surface area (Å²) in [5, 5.41) is 4.30. The molecule has 0 spiro atoms. The van der Waals surface area contributed by atoms with Crippen LogP contribution in [0.15, 0.2) is 12.4 Å². The van der Waals surface area contributed by atoms with Crippen molar-refractivity contribution in [3.8, 4) is 5.75 Å². The van der Waals surface area contributed by atoms with Gasteiger partial charge in [0, 0.05) is 6.54 Å². The van der Waals surface area contributed by atoms with Gasteiger partial charge in [0.25, 0.3) is 0 Å². The Bertz CT molecular complexity index is 335. The summed E-state index contributed by atoms with van der Waals surface area (Å²) in [6, 6.07) is 0. The number of hydrogen-bond acceptors (Lipinski definition) is 2. The van der Waals surface area contributed by atoms with Crippen LogP contribution in [0.2, 0.25) is 0 Å². The van der Waals surface area contributed by atoms with E-state index in [2.05, 4.69) is 18.9 Å². The van der Waals surface area contributed by atoms with Gasteiger partial charge in [-0.05, 0) is 31.6 Å². The summed E-state index contributed by atoms with van der Waals surface area (Å²) in [7, 11) is 0. The van der Waals surface area contributed by atoms with Gasteiger partial charge < -0.3 is 4.74 Å². The van der Waals surface area contributed by atoms with Crippen molar-refractivity contribution in [2.75, 3.05) is 0 Å². The summed E-state index contributed by atoms with van der Waals surface area (Å²) in [6.45, 7) is 5.42. The topological polar surface area (TPSA) is 27.1 Å². The van der Waals surface area contributed by atoms with Gasteiger partial charge in [0.1, 0.15) is 0 Å². The molecule has 17 heavy (non-hydrogen) atoms. The lowest BCUT2D eigenvalue weighted by molar-refractivity contribution is 0.122. The molecule has 96 valence electrons. The van der Waals surface area contributed by atoms with E-state index >= 15 is 0 Å². The third kappa shape index (κ3) is 3.48. The summed E-state index contributed by atoms with van der Waals surface area (Å²) in [5.41, 5.74) is 0. The molecule has 1 aromatic rings. The zero-order valence-corrected chi connectivity index (χ0v) is 11.1. The lowest BCUT2D eigenvalue weighted by atomic mass is 9.85. The first-order chi connectivity index (χ1) is 8.31. The SMILES string of the molecule is CCCn1cc(OC2CCCC(CC)C2)cn1. The molecular formula is C14H24N2O. The van der Waals surface area contributed by atoms with Crippen LogP contribution in [0.1, 0.15) is 52.4 Å². The van der Waals surface area contributed by atoms with Crippen molar-refractivity contribution in [2.45, 2.75) is 65.0 Å². The Morgan fingerprint density at radius 2 is 2.29 bits per heavy atom. The Hall–Kier alpha value is -0.990. The highest BCUT2D eigenvalue weighted by Crippen LogP contribution is 2.29. The molecule has 1 saturated carbocycles. The normalized spacial score (nSPS) is 24.8. The number of ether oxygens (including phenoxy) is 1. The van der Waals surface area contributed by atoms with Gasteiger partial charge in [-0.15, -0.1) is 0 Å². The summed E-state index contributed by atoms with van der Waals surface area (Å²) in [5.74, 6) is 1.81. The highest BCUT2D eigenvalue weighted by atomic mass is 16.5. The largest absolute Gasteiger partial charge is 0.487 e. The highest BCUT2D eigenvalue weighted by molar-refractivity contribution is 5.12. The van der Waals surface area contributed by atoms with Crippen LogP contribution in [-0.4, -0.2) is 15.9 Å². The Kier molecular flexibility index (Phi) is 4.46. The summed E-state index contributed by atoms with van der Waals surface area (Å²) >= 11 is 0. The second kappa shape index (κ2) is 6.08. The minimum absolute atomic E-state index is 0.410. The first-order valence-corrected chi connectivity index (χ1v) is 7.01. The fourth-order valence-electron chi connectivity index (χ4n) is 2.67. The fourth-order valence-corrected chi connectivity index (χ4v) is 2.67. The quantitative estimate of drug-likeness (QED) is 0.780. The third-order valence-corrected chi connectivity index (χ3v) is 3.68. The van der Waals surface area contributed by atoms with Gasteiger partial charge in [-0.2, -0.15) is 5.10 Å². The van der Waals surface area contributed by atoms with Gasteiger partial charge in [0.05, 0.1) is 18.5 Å². The van der Waals surface area contributed by atoms with Gasteiger partial charge in [0.15, 0.2) is 5.75 Å². The number of aromatic nitrogens is 2. The number of nitrogens with zero attached hydrogens (tertiary/aromatic N) is 2. The monoisotopic (exact) mass is 236 g/mol. The van der Waals surface area contributed by atoms with Crippen LogP contribution < -0.4 is 4.74 Å². The summed E-state index contributed by atoms with van der Waals surface area (Å²) in [6.07, 6.45) is 11.8. The second-order valence-corrected chi connectivity index (χ2v) is 5.12. The van der Waals surface area contributed by atoms with Gasteiger partial charge in [0.2, 0.25) is 0 Å². The molecule has 1 aliphatic carbocycles. The fraction of sp³-hybridized carbons (Fsp3) is 0.786. The van der Waals surface area contributed by atoms with Gasteiger partial charge >= 0.3 is 0 Å². The van der Waals surface area contributed by atoms with Crippen molar-refractivity contribution in [3.05, 3.63) is 12.4 Å². The standard InChI is InChI=1S/C14H24N2O/c1-3-8-16-11-14(10-15-16)17-13-7-5-6-12(4-2)9-13/h10-13H,3-9H2,1-2H3. The number of hydrogen-bond donors (Lipinski definition) is 0. The van der Waals surface area contributed by atoms with Crippen LogP contribution in [0, 0.1) is 5.92 Å². The Morgan fingerprint density at radius 1 is 1.41 bits per heavy atom. The van der Waals surface area contributed by atoms with Gasteiger partial charge in [-0.3, -0.25) is 4.68 Å². The molecule has 0 radical (unpaired) electrons. The summed E-state index contributed by atoms with van der Waals surface area (Å²) < 4.78 is 8.00. The predicted octanol–water partition coefficient (Wildman–Crippen LogP) is 3.64. The molecule has 2 unspecified atom stereocenters. The van der Waals surface area contributed by atoms with Crippen molar-refractivity contribution >= 4 is 0 Å². The van der Waals surface area contributed by atoms with Crippen molar-refractivity contribution < 1.29 is 4.74 Å². The molecule has 2 atom stereocenters. The molecular weight excluding hydrogens is 212 g/mol. The molecule has 1 aliphatic rings. The Balaban J connectivity index is 1.86. The van der Waals surface area contributed by atoms with E-state index in [0.717, 1.165) is 24.6 Å². The third-order valence-electron chi connectivity index (χ3n) is 3.68. The first kappa shape index (κ1) is 12.5. The van der Waals surface area contributed by atoms with Gasteiger partial charge in [-0.25, -0.2) is 0 Å². The first-order valence-electron chi connectivity index (χ1n) is 7.01. The summed E-state index contributed by atoms with van der Waals surface area (Å²) in [4.78, 5) is 0. The minimum atomic E-state index is 0.410. The maximum atomic E-state index is 6.03. The maximum Gasteiger partial charge on any atom is 0.157 e. The molecule has 1 aromatic heterocycles. The van der Waals surface area contributed by atoms with Crippen LogP contribution in [0.3, 0.4) is 0 Å². The van der Waals surface area contributed by atoms with Crippen LogP contribution in [0.4, 0.5) is 0 Å². The zero-order valence-electron chi connectivity index (χ0n) is 11.1. The van der Waals surface area contributed by atoms with Crippen LogP contribution in [-0.2, 0) is 6.54 Å². The van der Waals surface area contributed by atoms with E-state index < -0.39 is 0 Å². The van der Waals surface area contributed by atoms with Gasteiger partial charge in [-0.1, -0.05) is 26.7 Å². The van der Waals surface area contributed by atoms with Crippen molar-refractivity contribution in [1.82, 2.24) is 9.78 Å². The van der Waals surface area contributed by atoms with E-state index in [1.54, 1.807) is 0 Å². The molecule has 0 bridgehead atoms. The van der Waals surface area contributed by atoms with E-state index in [0.29, 0.717) is 6.10 Å². The molecule has 3 nitrogen and oxygen atoms in total. The highest BCUT2D eigenvalue weighted by Gasteiger charge is 2.22. The number of rotatable bonds is 5. The lowest BCUT2D eigenvalue weighted by Crippen LogP contribution is -2.24. The lowest BCUT2D eigenvalue weighted by Gasteiger charge is -2.28. The molecule has 0 amide bonds. The molecule has 0 saturated heterocycles. The number of aryl methyl sites for hydroxylation is 1. The molecule has 0 N–H and O–H groups in total. The van der Waals surface area contributed by atoms with E-state index in [1.165, 1.54) is 32.1 Å². The molecule has 3 heteroatoms. The Labute approximate surface area is 104 Å². The Morgan fingerprint density at radius 3 is 3.06 bits per heavy atom. The second-order valence-electron chi connectivity index (χ2n) is 5.12. The molecule has 0 aliphatic heterocycles. The van der Waals surface area contributed by atoms with Crippen LogP contribution >= 0.6 is 0 Å². The van der Waals surface area contributed by atoms with Crippen molar-refractivity contribution in [2.24, 2.45) is 5.92 Å². The van der Waals surface area contributed by atoms with Crippen molar-refractivity contribution in [3.63, 3.8) is 0 Å². The average Bonchev–Trinajstić information content (AvgIpc) is 2.77. The van der Waals surface area contributed by atoms with E-state index in [9.17, 15) is 0 Å². The smallest absolute Gasteiger partial charge is 0.157 e. The average molecular weight is 236 g/mol. The van der Waals surface area contributed by atoms with Crippen LogP contribution in [0.25, 0.3) is 0 Å². The molecule has 0 aromatic carbocycles.